The SMILES string of the molecule is CCOC(=O)/C=C/C1=C(Cl)CCC1.CCOC(=O)C=P(c1ccccc1)(c1ccccc1)c1ccccc1.CCOC(=O)c1cc2c([nH]1)CCC2.O=C(O)c1cc2c([nH]1)CCC2.O=C1CCCC1.O=CC1=C(Cl)CCC1.[N-]=[N+]=[N-].[Na+]. The number of nitrogens with one attached hydrogen (secondary N) is 2. The number of rotatable bonds is 12. The summed E-state index contributed by atoms with van der Waals surface area (Å²) in [5, 5.41) is 13.7. The zero-order chi connectivity index (χ0) is 57.4. The maximum atomic E-state index is 12.5. The quantitative estimate of drug-likeness (QED) is 0.0123. The number of aromatic carboxylic acids is 1. The molecule has 1 fully saturated rings. The van der Waals surface area contributed by atoms with Gasteiger partial charge in [-0.05, 0) is 162 Å². The van der Waals surface area contributed by atoms with Crippen LogP contribution in [-0.4, -0.2) is 76.6 Å². The average Bonchev–Trinajstić information content (AvgIpc) is 4.34. The van der Waals surface area contributed by atoms with Gasteiger partial charge >= 0.3 is 53.4 Å². The minimum Gasteiger partial charge on any atom is -0.477 e. The molecular weight excluding hydrogens is 1090 g/mol. The first-order valence-electron chi connectivity index (χ1n) is 26.7. The van der Waals surface area contributed by atoms with Gasteiger partial charge in [-0.3, -0.25) is 14.5 Å². The number of benzene rings is 3. The number of ether oxygens (including phenoxy) is 3. The van der Waals surface area contributed by atoms with Crippen molar-refractivity contribution in [1.82, 2.24) is 9.97 Å². The maximum Gasteiger partial charge on any atom is 1.00 e. The first-order valence-corrected chi connectivity index (χ1v) is 29.3. The molecule has 5 aliphatic carbocycles. The number of aldehydes is 1. The first kappa shape index (κ1) is 68.1. The van der Waals surface area contributed by atoms with Crippen molar-refractivity contribution in [1.29, 1.82) is 0 Å². The van der Waals surface area contributed by atoms with Crippen LogP contribution in [0, 0.1) is 0 Å². The van der Waals surface area contributed by atoms with E-state index >= 15 is 0 Å². The molecule has 15 nitrogen and oxygen atoms in total. The van der Waals surface area contributed by atoms with Crippen molar-refractivity contribution < 1.29 is 77.6 Å². The number of carboxylic acids is 1. The summed E-state index contributed by atoms with van der Waals surface area (Å²) in [6.45, 7) is 4.41. The Morgan fingerprint density at radius 3 is 1.36 bits per heavy atom. The van der Waals surface area contributed by atoms with Gasteiger partial charge in [0.2, 0.25) is 0 Å². The number of allylic oxidation sites excluding steroid dienone is 5. The van der Waals surface area contributed by atoms with Gasteiger partial charge in [0, 0.05) is 51.7 Å². The Kier molecular flexibility index (Phi) is 32.1. The topological polar surface area (TPSA) is 241 Å². The van der Waals surface area contributed by atoms with E-state index in [2.05, 4.69) is 46.4 Å². The van der Waals surface area contributed by atoms with Crippen LogP contribution < -0.4 is 45.5 Å². The van der Waals surface area contributed by atoms with Gasteiger partial charge in [-0.25, -0.2) is 19.2 Å². The Bertz CT molecular complexity index is 2830. The Morgan fingerprint density at radius 2 is 1.00 bits per heavy atom. The van der Waals surface area contributed by atoms with E-state index in [-0.39, 0.29) is 47.5 Å². The van der Waals surface area contributed by atoms with Crippen molar-refractivity contribution in [3.05, 3.63) is 186 Å². The number of nitrogens with zero attached hydrogens (tertiary/aromatic N) is 3. The second-order valence-corrected chi connectivity index (χ2v) is 22.5. The number of hydrogen-bond acceptors (Lipinski definition) is 9. The molecule has 19 heteroatoms. The van der Waals surface area contributed by atoms with E-state index in [1.54, 1.807) is 24.9 Å². The van der Waals surface area contributed by atoms with E-state index < -0.39 is 12.9 Å². The molecule has 3 N–H and O–H groups in total. The summed E-state index contributed by atoms with van der Waals surface area (Å²) in [5.41, 5.74) is 21.1. The third kappa shape index (κ3) is 22.1. The van der Waals surface area contributed by atoms with Crippen molar-refractivity contribution in [2.45, 2.75) is 124 Å². The van der Waals surface area contributed by atoms with Crippen LogP contribution >= 0.6 is 30.1 Å². The average molecular weight is 1160 g/mol. The summed E-state index contributed by atoms with van der Waals surface area (Å²) >= 11 is 11.5. The zero-order valence-corrected chi connectivity index (χ0v) is 50.6. The molecule has 420 valence electrons. The molecule has 0 saturated heterocycles. The Morgan fingerprint density at radius 1 is 0.588 bits per heavy atom. The van der Waals surface area contributed by atoms with Gasteiger partial charge in [-0.2, -0.15) is 0 Å². The second-order valence-electron chi connectivity index (χ2n) is 18.3. The maximum absolute atomic E-state index is 12.5. The monoisotopic (exact) mass is 1160 g/mol. The Labute approximate surface area is 501 Å². The molecule has 10 rings (SSSR count). The number of carboxylic acid groups (broad SMARTS) is 1. The van der Waals surface area contributed by atoms with Gasteiger partial charge in [-0.15, -0.1) is 0 Å². The number of H-pyrrole nitrogens is 2. The molecule has 0 bridgehead atoms. The van der Waals surface area contributed by atoms with E-state index in [0.717, 1.165) is 145 Å². The molecule has 0 aliphatic heterocycles. The number of fused-ring (bicyclic) bond motifs is 2. The molecular formula is C61H71Cl2N5NaO10P. The van der Waals surface area contributed by atoms with Crippen molar-refractivity contribution in [2.24, 2.45) is 0 Å². The van der Waals surface area contributed by atoms with E-state index in [0.29, 0.717) is 37.0 Å². The predicted molar refractivity (Wildman–Crippen MR) is 315 cm³/mol. The van der Waals surface area contributed by atoms with E-state index in [1.165, 1.54) is 34.2 Å². The summed E-state index contributed by atoms with van der Waals surface area (Å²) < 4.78 is 14.9. The zero-order valence-electron chi connectivity index (χ0n) is 46.2. The summed E-state index contributed by atoms with van der Waals surface area (Å²) in [7, 11) is 0. The van der Waals surface area contributed by atoms with Gasteiger partial charge < -0.3 is 40.3 Å². The fourth-order valence-electron chi connectivity index (χ4n) is 9.20. The third-order valence-electron chi connectivity index (χ3n) is 12.9. The number of aromatic amines is 2. The molecule has 0 atom stereocenters. The number of esters is 3. The fraction of sp³-hybridized carbons (Fsp3) is 0.361. The summed E-state index contributed by atoms with van der Waals surface area (Å²) in [6, 6.07) is 34.4. The minimum atomic E-state index is -2.24. The number of ketones is 1. The van der Waals surface area contributed by atoms with Crippen LogP contribution in [0.4, 0.5) is 0 Å². The first-order chi connectivity index (χ1) is 38.2. The van der Waals surface area contributed by atoms with Gasteiger partial charge in [0.15, 0.2) is 0 Å². The van der Waals surface area contributed by atoms with Crippen LogP contribution in [-0.2, 0) is 59.1 Å². The Balaban J connectivity index is 0.000000264. The van der Waals surface area contributed by atoms with Crippen molar-refractivity contribution in [2.75, 3.05) is 19.8 Å². The van der Waals surface area contributed by atoms with Crippen molar-refractivity contribution >= 4 is 87.7 Å². The van der Waals surface area contributed by atoms with Gasteiger partial charge in [0.1, 0.15) is 23.5 Å². The van der Waals surface area contributed by atoms with Crippen LogP contribution in [0.25, 0.3) is 16.0 Å². The number of halogens is 2. The number of aryl methyl sites for hydroxylation is 4. The molecule has 1 saturated carbocycles. The normalized spacial score (nSPS) is 14.3. The summed E-state index contributed by atoms with van der Waals surface area (Å²) in [4.78, 5) is 73.0. The Hall–Kier alpha value is -6.15. The van der Waals surface area contributed by atoms with Crippen LogP contribution in [0.5, 0.6) is 0 Å². The number of Topliss-reactive ketones (excluding diaryl/α,β-unsaturated/α-hetero) is 1. The van der Waals surface area contributed by atoms with Crippen molar-refractivity contribution in [3.63, 3.8) is 0 Å². The second kappa shape index (κ2) is 37.7. The van der Waals surface area contributed by atoms with Crippen LogP contribution in [0.3, 0.4) is 0 Å². The molecule has 80 heavy (non-hydrogen) atoms. The van der Waals surface area contributed by atoms with Gasteiger partial charge in [0.05, 0.1) is 19.8 Å². The molecule has 3 aromatic carbocycles. The molecule has 5 aromatic rings. The summed E-state index contributed by atoms with van der Waals surface area (Å²) in [6.07, 6.45) is 20.4. The van der Waals surface area contributed by atoms with Crippen molar-refractivity contribution in [3.8, 4) is 0 Å². The molecule has 5 aliphatic rings. The molecule has 0 radical (unpaired) electrons. The predicted octanol–water partition coefficient (Wildman–Crippen LogP) is 9.87. The number of hydrogen-bond donors (Lipinski definition) is 3. The fourth-order valence-corrected chi connectivity index (χ4v) is 13.4. The largest absolute Gasteiger partial charge is 1.00 e. The van der Waals surface area contributed by atoms with E-state index in [4.69, 9.17) is 53.6 Å². The van der Waals surface area contributed by atoms with Crippen LogP contribution in [0.15, 0.2) is 136 Å². The third-order valence-corrected chi connectivity index (χ3v) is 17.7. The number of carbonyl (C=O) groups excluding carboxylic acids is 5. The van der Waals surface area contributed by atoms with E-state index in [1.807, 2.05) is 74.5 Å². The molecule has 0 unspecified atom stereocenters. The molecule has 2 aromatic heterocycles. The molecule has 0 amide bonds. The van der Waals surface area contributed by atoms with Crippen LogP contribution in [0.2, 0.25) is 0 Å². The standard InChI is InChI=1S/C22H21O2P.C10H13ClO2.C10H13NO2.C8H9NO2.C6H7ClO.C5H8O.N3.Na/c1-2-24-22(23)18-25(19-12-6-3-7-13-19,20-14-8-4-9-15-20)21-16-10-5-11-17-21;1-2-13-10(12)7-6-8-4-3-5-9(8)11;1-2-13-10(12)9-6-7-4-3-5-8(7)11-9;10-8(11)7-4-5-2-1-3-6(5)9-7;7-6-3-1-2-5(6)4-8;6-5-3-1-2-4-5;1-3-2;/h3-18H,2H2,1H3;6-7H,2-5H2,1H3;6,11H,2-5H2,1H3;4,9H,1-3H2,(H,10,11);4H,1-3H2;1-4H2;;/q;;;;;;-1;+1/b;7-6+;;;;;;. The van der Waals surface area contributed by atoms with Gasteiger partial charge in [-0.1, -0.05) is 120 Å². The smallest absolute Gasteiger partial charge is 0.477 e. The van der Waals surface area contributed by atoms with Crippen LogP contribution in [0.1, 0.15) is 141 Å². The summed E-state index contributed by atoms with van der Waals surface area (Å²) in [5.74, 6) is 0.585. The minimum absolute atomic E-state index is 0. The number of carbonyl (C=O) groups is 6. The molecule has 0 spiro atoms. The molecule has 2 heterocycles. The van der Waals surface area contributed by atoms with E-state index in [9.17, 15) is 28.8 Å². The van der Waals surface area contributed by atoms with Gasteiger partial charge in [0.25, 0.3) is 0 Å². The number of aromatic nitrogens is 2.